The average molecular weight is 319 g/mol. The molecule has 1 amide bonds. The molecule has 0 saturated carbocycles. The quantitative estimate of drug-likeness (QED) is 0.940. The number of aromatic nitrogens is 2. The van der Waals surface area contributed by atoms with Crippen LogP contribution in [-0.2, 0) is 11.2 Å². The second kappa shape index (κ2) is 6.81. The van der Waals surface area contributed by atoms with Gasteiger partial charge in [-0.15, -0.1) is 0 Å². The van der Waals surface area contributed by atoms with Crippen LogP contribution in [0.1, 0.15) is 32.0 Å². The largest absolute Gasteiger partial charge is 0.444 e. The highest BCUT2D eigenvalue weighted by atomic mass is 19.1. The number of ether oxygens (including phenoxy) is 1. The van der Waals surface area contributed by atoms with E-state index in [1.54, 1.807) is 18.6 Å². The summed E-state index contributed by atoms with van der Waals surface area (Å²) in [7, 11) is 0. The van der Waals surface area contributed by atoms with Gasteiger partial charge in [0.2, 0.25) is 0 Å². The van der Waals surface area contributed by atoms with Crippen molar-refractivity contribution in [2.75, 3.05) is 6.54 Å². The molecule has 2 aromatic rings. The third-order valence-electron chi connectivity index (χ3n) is 3.20. The molecule has 0 saturated heterocycles. The number of amides is 1. The molecule has 2 rings (SSSR count). The van der Waals surface area contributed by atoms with Gasteiger partial charge in [-0.05, 0) is 45.4 Å². The van der Waals surface area contributed by atoms with E-state index in [1.807, 2.05) is 32.3 Å². The molecule has 0 spiro atoms. The van der Waals surface area contributed by atoms with Crippen LogP contribution in [0.5, 0.6) is 0 Å². The van der Waals surface area contributed by atoms with Gasteiger partial charge in [-0.1, -0.05) is 6.07 Å². The Labute approximate surface area is 135 Å². The van der Waals surface area contributed by atoms with E-state index in [0.717, 1.165) is 16.9 Å². The number of hydrogen-bond donors (Lipinski definition) is 1. The van der Waals surface area contributed by atoms with Crippen LogP contribution in [0.3, 0.4) is 0 Å². The van der Waals surface area contributed by atoms with Crippen LogP contribution in [0, 0.1) is 12.7 Å². The van der Waals surface area contributed by atoms with Crippen LogP contribution in [-0.4, -0.2) is 27.8 Å². The number of carbonyl (C=O) groups excluding carboxylic acids is 1. The Kier molecular flexibility index (Phi) is 5.03. The van der Waals surface area contributed by atoms with Gasteiger partial charge in [0.25, 0.3) is 0 Å². The summed E-state index contributed by atoms with van der Waals surface area (Å²) in [5, 5.41) is 2.71. The summed E-state index contributed by atoms with van der Waals surface area (Å²) in [6.07, 6.45) is 3.46. The number of aryl methyl sites for hydroxylation is 1. The molecule has 0 fully saturated rings. The standard InChI is InChI=1S/C17H22FN3O2/c1-12-5-6-13(18)9-15(12)21-11-19-10-14(21)7-8-20-16(22)23-17(2,3)4/h5-6,9-11H,7-8H2,1-4H3,(H,20,22). The average Bonchev–Trinajstić information content (AvgIpc) is 2.88. The maximum absolute atomic E-state index is 13.5. The van der Waals surface area contributed by atoms with Crippen LogP contribution < -0.4 is 5.32 Å². The van der Waals surface area contributed by atoms with Gasteiger partial charge in [0.1, 0.15) is 11.4 Å². The Morgan fingerprint density at radius 3 is 2.83 bits per heavy atom. The monoisotopic (exact) mass is 319 g/mol. The zero-order chi connectivity index (χ0) is 17.0. The molecule has 23 heavy (non-hydrogen) atoms. The lowest BCUT2D eigenvalue weighted by Crippen LogP contribution is -2.33. The summed E-state index contributed by atoms with van der Waals surface area (Å²) in [4.78, 5) is 15.8. The number of hydrogen-bond acceptors (Lipinski definition) is 3. The molecule has 5 nitrogen and oxygen atoms in total. The minimum absolute atomic E-state index is 0.294. The number of nitrogens with zero attached hydrogens (tertiary/aromatic N) is 2. The molecule has 124 valence electrons. The predicted molar refractivity (Wildman–Crippen MR) is 86.2 cm³/mol. The fourth-order valence-electron chi connectivity index (χ4n) is 2.17. The Bertz CT molecular complexity index is 689. The highest BCUT2D eigenvalue weighted by molar-refractivity contribution is 5.67. The van der Waals surface area contributed by atoms with Crippen LogP contribution in [0.2, 0.25) is 0 Å². The number of imidazole rings is 1. The van der Waals surface area contributed by atoms with Crippen molar-refractivity contribution in [3.05, 3.63) is 47.8 Å². The molecular formula is C17H22FN3O2. The summed E-state index contributed by atoms with van der Waals surface area (Å²) in [6.45, 7) is 7.77. The second-order valence-electron chi connectivity index (χ2n) is 6.36. The zero-order valence-electron chi connectivity index (χ0n) is 13.9. The van der Waals surface area contributed by atoms with E-state index in [2.05, 4.69) is 10.3 Å². The molecule has 0 aliphatic rings. The van der Waals surface area contributed by atoms with E-state index >= 15 is 0 Å². The molecule has 1 N–H and O–H groups in total. The summed E-state index contributed by atoms with van der Waals surface area (Å²) < 4.78 is 20.5. The third kappa shape index (κ3) is 4.81. The minimum atomic E-state index is -0.523. The molecule has 1 aromatic carbocycles. The Morgan fingerprint density at radius 2 is 2.13 bits per heavy atom. The van der Waals surface area contributed by atoms with Crippen molar-refractivity contribution in [2.45, 2.75) is 39.7 Å². The van der Waals surface area contributed by atoms with E-state index < -0.39 is 11.7 Å². The smallest absolute Gasteiger partial charge is 0.407 e. The lowest BCUT2D eigenvalue weighted by Gasteiger charge is -2.19. The van der Waals surface area contributed by atoms with Gasteiger partial charge in [-0.2, -0.15) is 0 Å². The SMILES string of the molecule is Cc1ccc(F)cc1-n1cncc1CCNC(=O)OC(C)(C)C. The van der Waals surface area contributed by atoms with Crippen molar-refractivity contribution < 1.29 is 13.9 Å². The number of nitrogens with one attached hydrogen (secondary N) is 1. The fourth-order valence-corrected chi connectivity index (χ4v) is 2.17. The summed E-state index contributed by atoms with van der Waals surface area (Å²) in [5.74, 6) is -0.294. The molecule has 0 atom stereocenters. The maximum Gasteiger partial charge on any atom is 0.407 e. The van der Waals surface area contributed by atoms with E-state index in [1.165, 1.54) is 12.1 Å². The van der Waals surface area contributed by atoms with Crippen LogP contribution >= 0.6 is 0 Å². The molecular weight excluding hydrogens is 297 g/mol. The zero-order valence-corrected chi connectivity index (χ0v) is 13.9. The third-order valence-corrected chi connectivity index (χ3v) is 3.20. The highest BCUT2D eigenvalue weighted by Gasteiger charge is 2.16. The van der Waals surface area contributed by atoms with Crippen molar-refractivity contribution in [3.8, 4) is 5.69 Å². The van der Waals surface area contributed by atoms with E-state index in [9.17, 15) is 9.18 Å². The lowest BCUT2D eigenvalue weighted by molar-refractivity contribution is 0.0528. The number of rotatable bonds is 4. The molecule has 0 unspecified atom stereocenters. The molecule has 1 heterocycles. The van der Waals surface area contributed by atoms with E-state index in [0.29, 0.717) is 13.0 Å². The number of alkyl carbamates (subject to hydrolysis) is 1. The van der Waals surface area contributed by atoms with Gasteiger partial charge in [0, 0.05) is 24.9 Å². The van der Waals surface area contributed by atoms with Crippen LogP contribution in [0.4, 0.5) is 9.18 Å². The first-order chi connectivity index (χ1) is 10.8. The predicted octanol–water partition coefficient (Wildman–Crippen LogP) is 3.39. The molecule has 0 aliphatic heterocycles. The summed E-state index contributed by atoms with van der Waals surface area (Å²) >= 11 is 0. The molecule has 1 aromatic heterocycles. The van der Waals surface area contributed by atoms with Gasteiger partial charge in [-0.3, -0.25) is 0 Å². The first kappa shape index (κ1) is 17.0. The second-order valence-corrected chi connectivity index (χ2v) is 6.36. The van der Waals surface area contributed by atoms with Crippen molar-refractivity contribution in [2.24, 2.45) is 0 Å². The lowest BCUT2D eigenvalue weighted by atomic mass is 10.2. The Hall–Kier alpha value is -2.37. The molecule has 0 radical (unpaired) electrons. The van der Waals surface area contributed by atoms with Gasteiger partial charge >= 0.3 is 6.09 Å². The van der Waals surface area contributed by atoms with Crippen LogP contribution in [0.25, 0.3) is 5.69 Å². The number of carbonyl (C=O) groups is 1. The van der Waals surface area contributed by atoms with Crippen molar-refractivity contribution in [3.63, 3.8) is 0 Å². The van der Waals surface area contributed by atoms with Crippen molar-refractivity contribution in [1.29, 1.82) is 0 Å². The maximum atomic E-state index is 13.5. The Morgan fingerprint density at radius 1 is 1.39 bits per heavy atom. The summed E-state index contributed by atoms with van der Waals surface area (Å²) in [6, 6.07) is 4.63. The Balaban J connectivity index is 2.02. The van der Waals surface area contributed by atoms with E-state index in [-0.39, 0.29) is 5.82 Å². The number of benzene rings is 1. The van der Waals surface area contributed by atoms with Gasteiger partial charge in [0.15, 0.2) is 0 Å². The normalized spacial score (nSPS) is 11.3. The molecule has 0 bridgehead atoms. The summed E-state index contributed by atoms with van der Waals surface area (Å²) in [5.41, 5.74) is 2.06. The van der Waals surface area contributed by atoms with E-state index in [4.69, 9.17) is 4.74 Å². The first-order valence-corrected chi connectivity index (χ1v) is 7.51. The van der Waals surface area contributed by atoms with Gasteiger partial charge in [-0.25, -0.2) is 14.2 Å². The molecule has 0 aliphatic carbocycles. The fraction of sp³-hybridized carbons (Fsp3) is 0.412. The number of halogens is 1. The molecule has 6 heteroatoms. The topological polar surface area (TPSA) is 56.2 Å². The van der Waals surface area contributed by atoms with Gasteiger partial charge < -0.3 is 14.6 Å². The van der Waals surface area contributed by atoms with Gasteiger partial charge in [0.05, 0.1) is 12.0 Å². The minimum Gasteiger partial charge on any atom is -0.444 e. The first-order valence-electron chi connectivity index (χ1n) is 7.51. The van der Waals surface area contributed by atoms with Crippen molar-refractivity contribution in [1.82, 2.24) is 14.9 Å². The van der Waals surface area contributed by atoms with Crippen LogP contribution in [0.15, 0.2) is 30.7 Å². The van der Waals surface area contributed by atoms with Crippen molar-refractivity contribution >= 4 is 6.09 Å². The highest BCUT2D eigenvalue weighted by Crippen LogP contribution is 2.17.